The van der Waals surface area contributed by atoms with E-state index in [9.17, 15) is 4.79 Å². The van der Waals surface area contributed by atoms with Crippen molar-refractivity contribution in [3.63, 3.8) is 0 Å². The van der Waals surface area contributed by atoms with Gasteiger partial charge in [0.25, 0.3) is 0 Å². The predicted molar refractivity (Wildman–Crippen MR) is 85.1 cm³/mol. The lowest BCUT2D eigenvalue weighted by atomic mass is 9.84. The van der Waals surface area contributed by atoms with Gasteiger partial charge in [0.05, 0.1) is 5.41 Å². The topological polar surface area (TPSA) is 46.3 Å². The van der Waals surface area contributed by atoms with Crippen molar-refractivity contribution < 1.29 is 4.79 Å². The average Bonchev–Trinajstić information content (AvgIpc) is 2.90. The van der Waals surface area contributed by atoms with E-state index in [0.29, 0.717) is 18.1 Å². The number of hydrogen-bond donors (Lipinski definition) is 1. The molecule has 1 aliphatic rings. The molecule has 1 fully saturated rings. The molecule has 0 saturated heterocycles. The fourth-order valence-electron chi connectivity index (χ4n) is 2.90. The lowest BCUT2D eigenvalue weighted by Crippen LogP contribution is -2.44. The first-order valence-corrected chi connectivity index (χ1v) is 7.15. The minimum Gasteiger partial charge on any atom is -0.341 e. The van der Waals surface area contributed by atoms with E-state index < -0.39 is 0 Å². The van der Waals surface area contributed by atoms with Crippen molar-refractivity contribution in [3.8, 4) is 0 Å². The monoisotopic (exact) mass is 316 g/mol. The van der Waals surface area contributed by atoms with E-state index in [2.05, 4.69) is 0 Å². The van der Waals surface area contributed by atoms with Gasteiger partial charge < -0.3 is 10.6 Å². The molecule has 1 aliphatic carbocycles. The Kier molecular flexibility index (Phi) is 6.31. The van der Waals surface area contributed by atoms with Crippen LogP contribution in [-0.4, -0.2) is 24.4 Å². The van der Waals surface area contributed by atoms with E-state index in [1.54, 1.807) is 4.90 Å². The molecule has 0 aromatic heterocycles. The molecular formula is C15H22Cl2N2O. The summed E-state index contributed by atoms with van der Waals surface area (Å²) >= 11 is 5.86. The highest BCUT2D eigenvalue weighted by Gasteiger charge is 2.41. The highest BCUT2D eigenvalue weighted by atomic mass is 35.5. The van der Waals surface area contributed by atoms with Crippen LogP contribution >= 0.6 is 24.0 Å². The molecule has 1 aromatic rings. The molecule has 0 bridgehead atoms. The largest absolute Gasteiger partial charge is 0.341 e. The zero-order valence-electron chi connectivity index (χ0n) is 11.8. The zero-order valence-corrected chi connectivity index (χ0v) is 13.3. The van der Waals surface area contributed by atoms with E-state index in [1.165, 1.54) is 0 Å². The SMILES string of the molecule is CN(Cc1ccc(Cl)cc1)C(=O)C1(CN)CCCC1.Cl. The third-order valence-corrected chi connectivity index (χ3v) is 4.34. The van der Waals surface area contributed by atoms with Gasteiger partial charge in [-0.3, -0.25) is 4.79 Å². The van der Waals surface area contributed by atoms with Crippen molar-refractivity contribution in [1.82, 2.24) is 4.90 Å². The second kappa shape index (κ2) is 7.30. The van der Waals surface area contributed by atoms with Crippen molar-refractivity contribution in [2.24, 2.45) is 11.1 Å². The molecule has 1 aromatic carbocycles. The number of nitrogens with zero attached hydrogens (tertiary/aromatic N) is 1. The van der Waals surface area contributed by atoms with Gasteiger partial charge in [-0.25, -0.2) is 0 Å². The van der Waals surface area contributed by atoms with E-state index >= 15 is 0 Å². The Bertz CT molecular complexity index is 442. The second-order valence-electron chi connectivity index (χ2n) is 5.48. The first kappa shape index (κ1) is 17.3. The fraction of sp³-hybridized carbons (Fsp3) is 0.533. The van der Waals surface area contributed by atoms with Crippen molar-refractivity contribution in [2.45, 2.75) is 32.2 Å². The predicted octanol–water partition coefficient (Wildman–Crippen LogP) is 3.24. The van der Waals surface area contributed by atoms with Gasteiger partial charge in [-0.1, -0.05) is 36.6 Å². The van der Waals surface area contributed by atoms with Crippen LogP contribution in [-0.2, 0) is 11.3 Å². The van der Waals surface area contributed by atoms with Gasteiger partial charge in [0.1, 0.15) is 0 Å². The smallest absolute Gasteiger partial charge is 0.230 e. The molecule has 1 saturated carbocycles. The number of nitrogens with two attached hydrogens (primary N) is 1. The van der Waals surface area contributed by atoms with Crippen LogP contribution in [0.5, 0.6) is 0 Å². The maximum Gasteiger partial charge on any atom is 0.230 e. The molecule has 1 amide bonds. The number of carbonyl (C=O) groups excluding carboxylic acids is 1. The highest BCUT2D eigenvalue weighted by Crippen LogP contribution is 2.38. The normalized spacial score (nSPS) is 16.6. The maximum absolute atomic E-state index is 12.6. The molecule has 112 valence electrons. The Morgan fingerprint density at radius 3 is 2.35 bits per heavy atom. The van der Waals surface area contributed by atoms with Crippen molar-refractivity contribution in [1.29, 1.82) is 0 Å². The molecule has 2 rings (SSSR count). The van der Waals surface area contributed by atoms with Crippen LogP contribution in [0.1, 0.15) is 31.2 Å². The minimum atomic E-state index is -0.318. The van der Waals surface area contributed by atoms with Crippen LogP contribution in [0.2, 0.25) is 5.02 Å². The molecule has 0 heterocycles. The van der Waals surface area contributed by atoms with Gasteiger partial charge in [-0.2, -0.15) is 0 Å². The summed E-state index contributed by atoms with van der Waals surface area (Å²) in [7, 11) is 1.85. The summed E-state index contributed by atoms with van der Waals surface area (Å²) in [5.74, 6) is 0.183. The van der Waals surface area contributed by atoms with Gasteiger partial charge in [0, 0.05) is 25.2 Å². The van der Waals surface area contributed by atoms with Crippen molar-refractivity contribution >= 4 is 29.9 Å². The van der Waals surface area contributed by atoms with Gasteiger partial charge in [-0.05, 0) is 30.5 Å². The highest BCUT2D eigenvalue weighted by molar-refractivity contribution is 6.30. The Balaban J connectivity index is 0.00000200. The Hall–Kier alpha value is -0.770. The minimum absolute atomic E-state index is 0. The maximum atomic E-state index is 12.6. The van der Waals surface area contributed by atoms with Gasteiger partial charge in [0.2, 0.25) is 5.91 Å². The first-order chi connectivity index (χ1) is 9.07. The number of benzene rings is 1. The Labute approximate surface area is 131 Å². The molecule has 0 radical (unpaired) electrons. The van der Waals surface area contributed by atoms with Crippen LogP contribution in [0.25, 0.3) is 0 Å². The average molecular weight is 317 g/mol. The zero-order chi connectivity index (χ0) is 13.9. The van der Waals surface area contributed by atoms with E-state index in [1.807, 2.05) is 31.3 Å². The summed E-state index contributed by atoms with van der Waals surface area (Å²) in [5, 5.41) is 0.715. The fourth-order valence-corrected chi connectivity index (χ4v) is 3.02. The van der Waals surface area contributed by atoms with Gasteiger partial charge in [-0.15, -0.1) is 12.4 Å². The van der Waals surface area contributed by atoms with E-state index in [0.717, 1.165) is 31.2 Å². The number of rotatable bonds is 4. The molecule has 0 spiro atoms. The number of amides is 1. The third kappa shape index (κ3) is 3.66. The number of carbonyl (C=O) groups is 1. The molecule has 3 nitrogen and oxygen atoms in total. The van der Waals surface area contributed by atoms with Crippen molar-refractivity contribution in [2.75, 3.05) is 13.6 Å². The summed E-state index contributed by atoms with van der Waals surface area (Å²) in [6, 6.07) is 7.61. The number of hydrogen-bond acceptors (Lipinski definition) is 2. The van der Waals surface area contributed by atoms with Crippen LogP contribution < -0.4 is 5.73 Å². The molecule has 0 aliphatic heterocycles. The summed E-state index contributed by atoms with van der Waals surface area (Å²) in [5.41, 5.74) is 6.63. The summed E-state index contributed by atoms with van der Waals surface area (Å²) in [6.45, 7) is 1.06. The van der Waals surface area contributed by atoms with Crippen LogP contribution in [0.4, 0.5) is 0 Å². The summed E-state index contributed by atoms with van der Waals surface area (Å²) < 4.78 is 0. The van der Waals surface area contributed by atoms with Crippen molar-refractivity contribution in [3.05, 3.63) is 34.9 Å². The molecule has 2 N–H and O–H groups in total. The Morgan fingerprint density at radius 1 is 1.30 bits per heavy atom. The summed E-state index contributed by atoms with van der Waals surface area (Å²) in [6.07, 6.45) is 4.07. The Morgan fingerprint density at radius 2 is 1.85 bits per heavy atom. The molecule has 5 heteroatoms. The molecule has 0 unspecified atom stereocenters. The third-order valence-electron chi connectivity index (χ3n) is 4.08. The van der Waals surface area contributed by atoms with Crippen LogP contribution in [0, 0.1) is 5.41 Å². The van der Waals surface area contributed by atoms with E-state index in [4.69, 9.17) is 17.3 Å². The number of halogens is 2. The molecule has 0 atom stereocenters. The molecule has 20 heavy (non-hydrogen) atoms. The van der Waals surface area contributed by atoms with E-state index in [-0.39, 0.29) is 23.7 Å². The quantitative estimate of drug-likeness (QED) is 0.926. The van der Waals surface area contributed by atoms with Crippen LogP contribution in [0.15, 0.2) is 24.3 Å². The lowest BCUT2D eigenvalue weighted by molar-refractivity contribution is -0.140. The first-order valence-electron chi connectivity index (χ1n) is 6.77. The van der Waals surface area contributed by atoms with Gasteiger partial charge in [0.15, 0.2) is 0 Å². The van der Waals surface area contributed by atoms with Gasteiger partial charge >= 0.3 is 0 Å². The lowest BCUT2D eigenvalue weighted by Gasteiger charge is -2.31. The van der Waals surface area contributed by atoms with Crippen LogP contribution in [0.3, 0.4) is 0 Å². The second-order valence-corrected chi connectivity index (χ2v) is 5.92. The summed E-state index contributed by atoms with van der Waals surface area (Å²) in [4.78, 5) is 14.4. The standard InChI is InChI=1S/C15H21ClN2O.ClH/c1-18(10-12-4-6-13(16)7-5-12)14(19)15(11-17)8-2-3-9-15;/h4-7H,2-3,8-11,17H2,1H3;1H. The molecular weight excluding hydrogens is 295 g/mol.